The molecule has 1 amide bonds. The molecule has 1 aliphatic rings. The van der Waals surface area contributed by atoms with Crippen molar-refractivity contribution >= 4 is 28.4 Å². The Labute approximate surface area is 227 Å². The smallest absolute Gasteiger partial charge is 0.261 e. The molecule has 1 aromatic heterocycles. The number of hydrogen-bond acceptors (Lipinski definition) is 5. The Balaban J connectivity index is 1.33. The van der Waals surface area contributed by atoms with E-state index >= 15 is 0 Å². The van der Waals surface area contributed by atoms with Crippen LogP contribution < -0.4 is 10.3 Å². The number of carbonyl (C=O) groups is 1. The standard InChI is InChI=1S/C30H31ClN4O3/c1-21-18-33(16-17-34(21)28(36)20-38-25-14-12-24(31)13-15-25)22(2)29-32-27-11-7-6-10-26(27)30(37)35(29)19-23-8-4-3-5-9-23/h3-15,21-22H,16-20H2,1-2H3. The van der Waals surface area contributed by atoms with E-state index in [9.17, 15) is 9.59 Å². The lowest BCUT2D eigenvalue weighted by Gasteiger charge is -2.42. The zero-order valence-electron chi connectivity index (χ0n) is 21.6. The monoisotopic (exact) mass is 530 g/mol. The van der Waals surface area contributed by atoms with E-state index in [1.807, 2.05) is 66.4 Å². The highest BCUT2D eigenvalue weighted by atomic mass is 35.5. The molecule has 1 aliphatic heterocycles. The van der Waals surface area contributed by atoms with Crippen molar-refractivity contribution in [1.29, 1.82) is 0 Å². The van der Waals surface area contributed by atoms with Crippen LogP contribution in [-0.2, 0) is 11.3 Å². The quantitative estimate of drug-likeness (QED) is 0.344. The van der Waals surface area contributed by atoms with Gasteiger partial charge in [0, 0.05) is 30.7 Å². The summed E-state index contributed by atoms with van der Waals surface area (Å²) in [4.78, 5) is 35.7. The minimum absolute atomic E-state index is 0.0118. The summed E-state index contributed by atoms with van der Waals surface area (Å²) >= 11 is 5.93. The summed E-state index contributed by atoms with van der Waals surface area (Å²) in [5.74, 6) is 1.29. The van der Waals surface area contributed by atoms with Gasteiger partial charge in [-0.3, -0.25) is 19.1 Å². The first-order chi connectivity index (χ1) is 18.4. The summed E-state index contributed by atoms with van der Waals surface area (Å²) < 4.78 is 7.48. The fraction of sp³-hybridized carbons (Fsp3) is 0.300. The molecule has 0 aliphatic carbocycles. The number of halogens is 1. The predicted octanol–water partition coefficient (Wildman–Crippen LogP) is 4.77. The highest BCUT2D eigenvalue weighted by molar-refractivity contribution is 6.30. The van der Waals surface area contributed by atoms with Gasteiger partial charge in [-0.05, 0) is 55.8 Å². The summed E-state index contributed by atoms with van der Waals surface area (Å²) in [6.07, 6.45) is 0. The molecule has 1 saturated heterocycles. The van der Waals surface area contributed by atoms with Gasteiger partial charge in [0.2, 0.25) is 0 Å². The first kappa shape index (κ1) is 25.9. The van der Waals surface area contributed by atoms with Crippen molar-refractivity contribution in [3.8, 4) is 5.75 Å². The zero-order valence-corrected chi connectivity index (χ0v) is 22.3. The van der Waals surface area contributed by atoms with E-state index in [2.05, 4.69) is 11.8 Å². The maximum atomic E-state index is 13.6. The van der Waals surface area contributed by atoms with E-state index in [4.69, 9.17) is 21.3 Å². The van der Waals surface area contributed by atoms with Crippen LogP contribution in [-0.4, -0.2) is 57.5 Å². The second-order valence-electron chi connectivity index (χ2n) is 9.71. The first-order valence-electron chi connectivity index (χ1n) is 12.9. The third-order valence-electron chi connectivity index (χ3n) is 7.15. The van der Waals surface area contributed by atoms with E-state index < -0.39 is 0 Å². The Morgan fingerprint density at radius 3 is 2.47 bits per heavy atom. The number of carbonyl (C=O) groups excluding carboxylic acids is 1. The van der Waals surface area contributed by atoms with Crippen molar-refractivity contribution in [3.05, 3.63) is 106 Å². The Bertz CT molecular complexity index is 1470. The maximum absolute atomic E-state index is 13.6. The van der Waals surface area contributed by atoms with Gasteiger partial charge in [0.15, 0.2) is 6.61 Å². The third-order valence-corrected chi connectivity index (χ3v) is 7.40. The fourth-order valence-corrected chi connectivity index (χ4v) is 5.18. The van der Waals surface area contributed by atoms with Gasteiger partial charge in [0.1, 0.15) is 11.6 Å². The number of amides is 1. The molecule has 0 spiro atoms. The van der Waals surface area contributed by atoms with E-state index in [-0.39, 0.29) is 30.2 Å². The minimum Gasteiger partial charge on any atom is -0.484 e. The molecule has 196 valence electrons. The average Bonchev–Trinajstić information content (AvgIpc) is 2.94. The molecule has 8 heteroatoms. The average molecular weight is 531 g/mol. The Morgan fingerprint density at radius 2 is 1.74 bits per heavy atom. The van der Waals surface area contributed by atoms with Crippen LogP contribution in [0, 0.1) is 0 Å². The van der Waals surface area contributed by atoms with Crippen LogP contribution >= 0.6 is 11.6 Å². The lowest BCUT2D eigenvalue weighted by atomic mass is 10.1. The number of para-hydroxylation sites is 1. The van der Waals surface area contributed by atoms with Crippen LogP contribution in [0.5, 0.6) is 5.75 Å². The second-order valence-corrected chi connectivity index (χ2v) is 10.2. The van der Waals surface area contributed by atoms with Crippen LogP contribution in [0.3, 0.4) is 0 Å². The van der Waals surface area contributed by atoms with Crippen molar-refractivity contribution in [3.63, 3.8) is 0 Å². The molecule has 3 aromatic carbocycles. The number of rotatable bonds is 7. The molecule has 0 saturated carbocycles. The molecule has 2 atom stereocenters. The summed E-state index contributed by atoms with van der Waals surface area (Å²) in [5, 5.41) is 1.24. The molecule has 2 heterocycles. The van der Waals surface area contributed by atoms with Gasteiger partial charge in [-0.25, -0.2) is 4.98 Å². The number of ether oxygens (including phenoxy) is 1. The van der Waals surface area contributed by atoms with Crippen molar-refractivity contribution in [2.75, 3.05) is 26.2 Å². The van der Waals surface area contributed by atoms with E-state index in [1.165, 1.54) is 0 Å². The molecule has 7 nitrogen and oxygen atoms in total. The summed E-state index contributed by atoms with van der Waals surface area (Å²) in [7, 11) is 0. The van der Waals surface area contributed by atoms with Crippen LogP contribution in [0.15, 0.2) is 83.7 Å². The lowest BCUT2D eigenvalue weighted by Crippen LogP contribution is -2.55. The molecular weight excluding hydrogens is 500 g/mol. The Hall–Kier alpha value is -3.68. The van der Waals surface area contributed by atoms with Gasteiger partial charge in [-0.2, -0.15) is 0 Å². The van der Waals surface area contributed by atoms with Crippen LogP contribution in [0.2, 0.25) is 5.02 Å². The molecule has 5 rings (SSSR count). The van der Waals surface area contributed by atoms with Gasteiger partial charge >= 0.3 is 0 Å². The van der Waals surface area contributed by atoms with Crippen molar-refractivity contribution in [2.24, 2.45) is 0 Å². The number of hydrogen-bond donors (Lipinski definition) is 0. The molecule has 1 fully saturated rings. The topological polar surface area (TPSA) is 67.7 Å². The summed E-state index contributed by atoms with van der Waals surface area (Å²) in [6.45, 7) is 6.48. The Morgan fingerprint density at radius 1 is 1.03 bits per heavy atom. The van der Waals surface area contributed by atoms with Crippen LogP contribution in [0.25, 0.3) is 10.9 Å². The number of aromatic nitrogens is 2. The fourth-order valence-electron chi connectivity index (χ4n) is 5.05. The first-order valence-corrected chi connectivity index (χ1v) is 13.2. The molecule has 0 bridgehead atoms. The van der Waals surface area contributed by atoms with Gasteiger partial charge in [-0.1, -0.05) is 54.1 Å². The molecule has 0 radical (unpaired) electrons. The lowest BCUT2D eigenvalue weighted by molar-refractivity contribution is -0.138. The highest BCUT2D eigenvalue weighted by Gasteiger charge is 2.32. The molecule has 38 heavy (non-hydrogen) atoms. The van der Waals surface area contributed by atoms with Crippen molar-refractivity contribution in [2.45, 2.75) is 32.5 Å². The Kier molecular flexibility index (Phi) is 7.77. The predicted molar refractivity (Wildman–Crippen MR) is 150 cm³/mol. The number of benzene rings is 3. The minimum atomic E-state index is -0.110. The largest absolute Gasteiger partial charge is 0.484 e. The highest BCUT2D eigenvalue weighted by Crippen LogP contribution is 2.24. The van der Waals surface area contributed by atoms with Gasteiger partial charge in [-0.15, -0.1) is 0 Å². The zero-order chi connectivity index (χ0) is 26.6. The van der Waals surface area contributed by atoms with E-state index in [0.29, 0.717) is 47.9 Å². The summed E-state index contributed by atoms with van der Waals surface area (Å²) in [6, 6.07) is 24.3. The van der Waals surface area contributed by atoms with Gasteiger partial charge in [0.05, 0.1) is 23.5 Å². The molecular formula is C30H31ClN4O3. The van der Waals surface area contributed by atoms with Crippen LogP contribution in [0.1, 0.15) is 31.3 Å². The maximum Gasteiger partial charge on any atom is 0.261 e. The van der Waals surface area contributed by atoms with Crippen LogP contribution in [0.4, 0.5) is 0 Å². The number of fused-ring (bicyclic) bond motifs is 1. The summed E-state index contributed by atoms with van der Waals surface area (Å²) in [5.41, 5.74) is 1.71. The van der Waals surface area contributed by atoms with Crippen molar-refractivity contribution in [1.82, 2.24) is 19.4 Å². The van der Waals surface area contributed by atoms with Crippen molar-refractivity contribution < 1.29 is 9.53 Å². The third kappa shape index (κ3) is 5.59. The van der Waals surface area contributed by atoms with Gasteiger partial charge in [0.25, 0.3) is 11.5 Å². The van der Waals surface area contributed by atoms with E-state index in [1.54, 1.807) is 28.8 Å². The molecule has 0 N–H and O–H groups in total. The normalized spacial score (nSPS) is 16.9. The second kappa shape index (κ2) is 11.4. The molecule has 2 unspecified atom stereocenters. The van der Waals surface area contributed by atoms with Gasteiger partial charge < -0.3 is 9.64 Å². The number of nitrogens with zero attached hydrogens (tertiary/aromatic N) is 4. The number of piperazine rings is 1. The van der Waals surface area contributed by atoms with E-state index in [0.717, 1.165) is 11.4 Å². The molecule has 4 aromatic rings. The SMILES string of the molecule is CC(c1nc2ccccc2c(=O)n1Cc1ccccc1)N1CCN(C(=O)COc2ccc(Cl)cc2)C(C)C1.